The molecule has 1 aliphatic heterocycles. The third kappa shape index (κ3) is 4.38. The molecule has 146 valence electrons. The lowest BCUT2D eigenvalue weighted by Crippen LogP contribution is -2.22. The minimum absolute atomic E-state index is 0.00766. The summed E-state index contributed by atoms with van der Waals surface area (Å²) in [6.45, 7) is 7.86. The van der Waals surface area contributed by atoms with E-state index in [1.54, 1.807) is 7.11 Å². The van der Waals surface area contributed by atoms with Crippen LogP contribution in [0.25, 0.3) is 11.1 Å². The summed E-state index contributed by atoms with van der Waals surface area (Å²) in [6.07, 6.45) is 1.85. The van der Waals surface area contributed by atoms with Crippen LogP contribution in [0.4, 0.5) is 0 Å². The standard InChI is InChI=1S/C23H30O4/c1-5-9-26-18-8-6-7-16(10-18)19-12-22-20(11-21(19)25-4)17(14-24)13-23(2,3)15-27-22/h6-8,10-12,17,24H,5,9,13-15H2,1-4H3. The molecule has 27 heavy (non-hydrogen) atoms. The summed E-state index contributed by atoms with van der Waals surface area (Å²) in [7, 11) is 1.68. The molecule has 0 saturated carbocycles. The van der Waals surface area contributed by atoms with Gasteiger partial charge in [0.2, 0.25) is 0 Å². The van der Waals surface area contributed by atoms with E-state index in [1.807, 2.05) is 36.4 Å². The highest BCUT2D eigenvalue weighted by Gasteiger charge is 2.31. The number of hydrogen-bond acceptors (Lipinski definition) is 4. The molecule has 1 atom stereocenters. The second kappa shape index (κ2) is 8.22. The maximum Gasteiger partial charge on any atom is 0.127 e. The summed E-state index contributed by atoms with van der Waals surface area (Å²) in [4.78, 5) is 0. The summed E-state index contributed by atoms with van der Waals surface area (Å²) in [5, 5.41) is 9.95. The lowest BCUT2D eigenvalue weighted by molar-refractivity contribution is 0.161. The monoisotopic (exact) mass is 370 g/mol. The molecule has 3 rings (SSSR count). The molecule has 0 aliphatic carbocycles. The first-order valence-electron chi connectivity index (χ1n) is 9.66. The lowest BCUT2D eigenvalue weighted by atomic mass is 9.81. The summed E-state index contributed by atoms with van der Waals surface area (Å²) in [5.41, 5.74) is 3.01. The predicted molar refractivity (Wildman–Crippen MR) is 108 cm³/mol. The van der Waals surface area contributed by atoms with Crippen molar-refractivity contribution in [2.45, 2.75) is 39.5 Å². The molecule has 1 unspecified atom stereocenters. The van der Waals surface area contributed by atoms with E-state index in [9.17, 15) is 5.11 Å². The Bertz CT molecular complexity index is 782. The van der Waals surface area contributed by atoms with Crippen LogP contribution in [0.15, 0.2) is 36.4 Å². The maximum atomic E-state index is 9.95. The Morgan fingerprint density at radius 3 is 2.74 bits per heavy atom. The molecule has 2 aromatic carbocycles. The van der Waals surface area contributed by atoms with Crippen LogP contribution in [-0.4, -0.2) is 32.0 Å². The first-order chi connectivity index (χ1) is 13.0. The fourth-order valence-corrected chi connectivity index (χ4v) is 3.66. The molecule has 0 saturated heterocycles. The zero-order valence-corrected chi connectivity index (χ0v) is 16.7. The average molecular weight is 370 g/mol. The Morgan fingerprint density at radius 1 is 1.22 bits per heavy atom. The molecule has 1 heterocycles. The van der Waals surface area contributed by atoms with Crippen molar-refractivity contribution in [3.05, 3.63) is 42.0 Å². The van der Waals surface area contributed by atoms with Crippen LogP contribution in [0, 0.1) is 5.41 Å². The molecule has 4 nitrogen and oxygen atoms in total. The van der Waals surface area contributed by atoms with Crippen LogP contribution in [0.5, 0.6) is 17.2 Å². The molecule has 1 N–H and O–H groups in total. The second-order valence-electron chi connectivity index (χ2n) is 8.00. The number of aliphatic hydroxyl groups is 1. The van der Waals surface area contributed by atoms with Crippen molar-refractivity contribution in [3.8, 4) is 28.4 Å². The molecule has 0 bridgehead atoms. The summed E-state index contributed by atoms with van der Waals surface area (Å²) >= 11 is 0. The van der Waals surface area contributed by atoms with Crippen molar-refractivity contribution >= 4 is 0 Å². The van der Waals surface area contributed by atoms with E-state index in [0.717, 1.165) is 46.8 Å². The minimum Gasteiger partial charge on any atom is -0.496 e. The molecular formula is C23H30O4. The van der Waals surface area contributed by atoms with Crippen molar-refractivity contribution in [1.29, 1.82) is 0 Å². The van der Waals surface area contributed by atoms with Crippen LogP contribution < -0.4 is 14.2 Å². The van der Waals surface area contributed by atoms with Gasteiger partial charge in [-0.15, -0.1) is 0 Å². The maximum absolute atomic E-state index is 9.95. The molecule has 0 amide bonds. The topological polar surface area (TPSA) is 47.9 Å². The van der Waals surface area contributed by atoms with E-state index in [2.05, 4.69) is 20.8 Å². The highest BCUT2D eigenvalue weighted by atomic mass is 16.5. The van der Waals surface area contributed by atoms with Gasteiger partial charge >= 0.3 is 0 Å². The normalized spacial score (nSPS) is 18.2. The molecule has 2 aromatic rings. The highest BCUT2D eigenvalue weighted by Crippen LogP contribution is 2.45. The Morgan fingerprint density at radius 2 is 2.04 bits per heavy atom. The minimum atomic E-state index is 0.00766. The van der Waals surface area contributed by atoms with Gasteiger partial charge in [-0.1, -0.05) is 32.9 Å². The third-order valence-corrected chi connectivity index (χ3v) is 5.03. The second-order valence-corrected chi connectivity index (χ2v) is 8.00. The SMILES string of the molecule is CCCOc1cccc(-c2cc3c(cc2OC)C(CO)CC(C)(C)CO3)c1. The van der Waals surface area contributed by atoms with Gasteiger partial charge in [-0.25, -0.2) is 0 Å². The number of ether oxygens (including phenoxy) is 3. The van der Waals surface area contributed by atoms with Crippen LogP contribution in [0.2, 0.25) is 0 Å². The lowest BCUT2D eigenvalue weighted by Gasteiger charge is -2.24. The Labute approximate surface area is 162 Å². The molecule has 1 aliphatic rings. The van der Waals surface area contributed by atoms with E-state index in [-0.39, 0.29) is 17.9 Å². The fraction of sp³-hybridized carbons (Fsp3) is 0.478. The molecule has 0 spiro atoms. The zero-order chi connectivity index (χ0) is 19.4. The number of fused-ring (bicyclic) bond motifs is 1. The number of aliphatic hydroxyl groups excluding tert-OH is 1. The Balaban J connectivity index is 2.04. The van der Waals surface area contributed by atoms with Gasteiger partial charge in [-0.05, 0) is 48.1 Å². The first kappa shape index (κ1) is 19.6. The summed E-state index contributed by atoms with van der Waals surface area (Å²) in [6, 6.07) is 12.1. The smallest absolute Gasteiger partial charge is 0.127 e. The summed E-state index contributed by atoms with van der Waals surface area (Å²) in [5.74, 6) is 2.50. The Hall–Kier alpha value is -2.20. The third-order valence-electron chi connectivity index (χ3n) is 5.03. The van der Waals surface area contributed by atoms with Gasteiger partial charge in [0.05, 0.1) is 26.9 Å². The van der Waals surface area contributed by atoms with Gasteiger partial charge < -0.3 is 19.3 Å². The van der Waals surface area contributed by atoms with Gasteiger partial charge in [-0.2, -0.15) is 0 Å². The molecule has 0 radical (unpaired) electrons. The van der Waals surface area contributed by atoms with Crippen molar-refractivity contribution < 1.29 is 19.3 Å². The van der Waals surface area contributed by atoms with Gasteiger partial charge in [0.25, 0.3) is 0 Å². The largest absolute Gasteiger partial charge is 0.496 e. The number of hydrogen-bond donors (Lipinski definition) is 1. The van der Waals surface area contributed by atoms with E-state index in [4.69, 9.17) is 14.2 Å². The highest BCUT2D eigenvalue weighted by molar-refractivity contribution is 5.74. The van der Waals surface area contributed by atoms with Crippen molar-refractivity contribution in [1.82, 2.24) is 0 Å². The Kier molecular flexibility index (Phi) is 5.95. The van der Waals surface area contributed by atoms with Gasteiger partial charge in [0.1, 0.15) is 17.2 Å². The van der Waals surface area contributed by atoms with E-state index >= 15 is 0 Å². The zero-order valence-electron chi connectivity index (χ0n) is 16.7. The van der Waals surface area contributed by atoms with Crippen LogP contribution in [0.3, 0.4) is 0 Å². The van der Waals surface area contributed by atoms with Crippen LogP contribution in [0.1, 0.15) is 45.1 Å². The molecule has 0 fully saturated rings. The summed E-state index contributed by atoms with van der Waals surface area (Å²) < 4.78 is 17.6. The number of benzene rings is 2. The average Bonchev–Trinajstić information content (AvgIpc) is 2.81. The van der Waals surface area contributed by atoms with Crippen molar-refractivity contribution in [2.24, 2.45) is 5.41 Å². The van der Waals surface area contributed by atoms with E-state index < -0.39 is 0 Å². The fourth-order valence-electron chi connectivity index (χ4n) is 3.66. The van der Waals surface area contributed by atoms with Crippen molar-refractivity contribution in [3.63, 3.8) is 0 Å². The molecule has 4 heteroatoms. The van der Waals surface area contributed by atoms with Gasteiger partial charge in [-0.3, -0.25) is 0 Å². The van der Waals surface area contributed by atoms with Gasteiger partial charge in [0, 0.05) is 17.0 Å². The molecule has 0 aromatic heterocycles. The van der Waals surface area contributed by atoms with Crippen LogP contribution in [-0.2, 0) is 0 Å². The number of methoxy groups -OCH3 is 1. The van der Waals surface area contributed by atoms with Crippen LogP contribution >= 0.6 is 0 Å². The predicted octanol–water partition coefficient (Wildman–Crippen LogP) is 5.04. The van der Waals surface area contributed by atoms with Gasteiger partial charge in [0.15, 0.2) is 0 Å². The molecular weight excluding hydrogens is 340 g/mol. The van der Waals surface area contributed by atoms with Crippen molar-refractivity contribution in [2.75, 3.05) is 26.9 Å². The first-order valence-corrected chi connectivity index (χ1v) is 9.66. The van der Waals surface area contributed by atoms with E-state index in [1.165, 1.54) is 0 Å². The quantitative estimate of drug-likeness (QED) is 0.774. The number of rotatable bonds is 6. The van der Waals surface area contributed by atoms with E-state index in [0.29, 0.717) is 13.2 Å².